The normalized spacial score (nSPS) is 4.50. The predicted octanol–water partition coefficient (Wildman–Crippen LogP) is -15.2. The van der Waals surface area contributed by atoms with E-state index in [4.69, 9.17) is 42.2 Å². The van der Waals surface area contributed by atoms with Crippen LogP contribution in [0.25, 0.3) is 0 Å². The molecular formula is H2Al2Li2O9Si3. The van der Waals surface area contributed by atoms with Gasteiger partial charge in [0.05, 0.1) is 0 Å². The molecule has 0 bridgehead atoms. The Kier molecular flexibility index (Phi) is 97.7. The molecule has 0 aromatic heterocycles. The molecule has 0 rings (SSSR count). The molecule has 0 spiro atoms. The van der Waals surface area contributed by atoms with Gasteiger partial charge < -0.3 is 45.0 Å². The van der Waals surface area contributed by atoms with Gasteiger partial charge in [-0.05, 0) is 0 Å². The van der Waals surface area contributed by atoms with Crippen LogP contribution in [-0.2, 0) is 13.4 Å². The zero-order valence-electron chi connectivity index (χ0n) is 10.3. The Bertz CT molecular complexity index is 133. The second-order valence-electron chi connectivity index (χ2n) is 0.750. The molecule has 0 unspecified atom stereocenters. The smallest absolute Gasteiger partial charge is 1.00 e. The molecule has 0 atom stereocenters. The predicted molar refractivity (Wildman–Crippen MR) is 33.1 cm³/mol. The second kappa shape index (κ2) is 36.0. The fraction of sp³-hybridized carbons (Fsp3) is 0. The molecule has 16 heteroatoms. The Hall–Kier alpha value is 1.11. The molecular weight excluding hydrogens is 296 g/mol. The summed E-state index contributed by atoms with van der Waals surface area (Å²) in [5.74, 6) is 0. The summed E-state index contributed by atoms with van der Waals surface area (Å²) in [5, 5.41) is 0. The van der Waals surface area contributed by atoms with E-state index in [2.05, 4.69) is 0 Å². The van der Waals surface area contributed by atoms with E-state index >= 15 is 0 Å². The molecule has 9 nitrogen and oxygen atoms in total. The van der Waals surface area contributed by atoms with E-state index in [0.29, 0.717) is 0 Å². The molecule has 0 saturated carbocycles. The van der Waals surface area contributed by atoms with Crippen molar-refractivity contribution in [3.8, 4) is 0 Å². The molecule has 0 aliphatic rings. The van der Waals surface area contributed by atoms with Gasteiger partial charge in [-0.15, -0.1) is 0 Å². The van der Waals surface area contributed by atoms with Gasteiger partial charge in [0.1, 0.15) is 0 Å². The Labute approximate surface area is 144 Å². The minimum Gasteiger partial charge on any atom is -1.00 e. The SMILES string of the molecule is O=[Si]([O-])[O-].O=[Si]([O-])[O-].O=[Si]([O-])[O-].[Al+3].[Al+3].[H-].[H-].[Li+].[Li+]. The first-order valence-corrected chi connectivity index (χ1v) is 5.51. The minimum atomic E-state index is -3.63. The molecule has 0 N–H and O–H groups in total. The van der Waals surface area contributed by atoms with Gasteiger partial charge in [0.15, 0.2) is 0 Å². The van der Waals surface area contributed by atoms with Gasteiger partial charge in [0, 0.05) is 27.5 Å². The summed E-state index contributed by atoms with van der Waals surface area (Å²) in [6.07, 6.45) is 0. The van der Waals surface area contributed by atoms with Crippen LogP contribution in [0, 0.1) is 0 Å². The fourth-order valence-corrected chi connectivity index (χ4v) is 0. The van der Waals surface area contributed by atoms with Crippen LogP contribution < -0.4 is 66.5 Å². The zero-order valence-corrected chi connectivity index (χ0v) is 13.6. The average molecular weight is 298 g/mol. The first kappa shape index (κ1) is 43.4. The summed E-state index contributed by atoms with van der Waals surface area (Å²) in [5.41, 5.74) is 0. The minimum absolute atomic E-state index is 0. The Balaban J connectivity index is -0.00000000827. The van der Waals surface area contributed by atoms with Crippen molar-refractivity contribution in [2.75, 3.05) is 0 Å². The monoisotopic (exact) mass is 298 g/mol. The van der Waals surface area contributed by atoms with Crippen molar-refractivity contribution in [1.82, 2.24) is 0 Å². The summed E-state index contributed by atoms with van der Waals surface area (Å²) < 4.78 is 25.6. The summed E-state index contributed by atoms with van der Waals surface area (Å²) in [6.45, 7) is 0. The average Bonchev–Trinajstić information content (AvgIpc) is 1.54. The van der Waals surface area contributed by atoms with E-state index < -0.39 is 27.5 Å². The first-order chi connectivity index (χ1) is 5.20. The molecule has 0 saturated heterocycles. The van der Waals surface area contributed by atoms with E-state index in [1.165, 1.54) is 0 Å². The summed E-state index contributed by atoms with van der Waals surface area (Å²) >= 11 is 0. The molecule has 0 amide bonds. The Morgan fingerprint density at radius 1 is 0.562 bits per heavy atom. The van der Waals surface area contributed by atoms with Gasteiger partial charge in [0.2, 0.25) is 0 Å². The molecule has 0 radical (unpaired) electrons. The summed E-state index contributed by atoms with van der Waals surface area (Å²) in [4.78, 5) is 51.1. The molecule has 0 aliphatic carbocycles. The van der Waals surface area contributed by atoms with Crippen molar-refractivity contribution in [1.29, 1.82) is 0 Å². The van der Waals surface area contributed by atoms with Crippen LogP contribution in [0.2, 0.25) is 0 Å². The van der Waals surface area contributed by atoms with Gasteiger partial charge in [-0.3, -0.25) is 0 Å². The van der Waals surface area contributed by atoms with Gasteiger partial charge >= 0.3 is 72.4 Å². The van der Waals surface area contributed by atoms with Gasteiger partial charge in [-0.2, -0.15) is 0 Å². The first-order valence-electron chi connectivity index (χ1n) is 1.84. The second-order valence-corrected chi connectivity index (χ2v) is 2.25. The zero-order chi connectivity index (χ0) is 10.7. The van der Waals surface area contributed by atoms with E-state index in [1.807, 2.05) is 0 Å². The molecule has 0 heterocycles. The van der Waals surface area contributed by atoms with Crippen molar-refractivity contribution >= 4 is 62.2 Å². The van der Waals surface area contributed by atoms with Crippen molar-refractivity contribution in [3.05, 3.63) is 0 Å². The van der Waals surface area contributed by atoms with Crippen LogP contribution in [0.15, 0.2) is 0 Å². The van der Waals surface area contributed by atoms with Gasteiger partial charge in [-0.25, -0.2) is 0 Å². The maximum absolute atomic E-state index is 8.52. The largest absolute Gasteiger partial charge is 3.00 e. The Morgan fingerprint density at radius 3 is 0.562 bits per heavy atom. The Morgan fingerprint density at radius 2 is 0.562 bits per heavy atom. The molecule has 0 fully saturated rings. The third-order valence-corrected chi connectivity index (χ3v) is 0. The third kappa shape index (κ3) is 2440. The maximum Gasteiger partial charge on any atom is 3.00 e. The fourth-order valence-electron chi connectivity index (χ4n) is 0. The molecule has 0 aromatic rings. The molecule has 0 aromatic carbocycles. The van der Waals surface area contributed by atoms with Crippen LogP contribution in [-0.4, -0.2) is 62.2 Å². The van der Waals surface area contributed by atoms with Crippen molar-refractivity contribution in [3.63, 3.8) is 0 Å². The van der Waals surface area contributed by atoms with E-state index in [-0.39, 0.29) is 75.3 Å². The van der Waals surface area contributed by atoms with Crippen molar-refractivity contribution in [2.24, 2.45) is 0 Å². The van der Waals surface area contributed by atoms with Crippen molar-refractivity contribution in [2.45, 2.75) is 0 Å². The van der Waals surface area contributed by atoms with Gasteiger partial charge in [-0.1, -0.05) is 0 Å². The number of rotatable bonds is 0. The third-order valence-electron chi connectivity index (χ3n) is 0. The van der Waals surface area contributed by atoms with Crippen LogP contribution in [0.5, 0.6) is 0 Å². The van der Waals surface area contributed by atoms with E-state index in [1.54, 1.807) is 0 Å². The van der Waals surface area contributed by atoms with Crippen molar-refractivity contribution < 1.29 is 82.7 Å². The van der Waals surface area contributed by atoms with Gasteiger partial charge in [0.25, 0.3) is 0 Å². The van der Waals surface area contributed by atoms with E-state index in [9.17, 15) is 0 Å². The molecule has 16 heavy (non-hydrogen) atoms. The van der Waals surface area contributed by atoms with E-state index in [0.717, 1.165) is 0 Å². The van der Waals surface area contributed by atoms with Crippen LogP contribution in [0.3, 0.4) is 0 Å². The van der Waals surface area contributed by atoms with Crippen LogP contribution >= 0.6 is 0 Å². The summed E-state index contributed by atoms with van der Waals surface area (Å²) in [6, 6.07) is 0. The quantitative estimate of drug-likeness (QED) is 0.390. The van der Waals surface area contributed by atoms with Crippen LogP contribution in [0.4, 0.5) is 0 Å². The van der Waals surface area contributed by atoms with Crippen LogP contribution in [0.1, 0.15) is 2.85 Å². The number of hydrogen-bond donors (Lipinski definition) is 0. The topological polar surface area (TPSA) is 190 Å². The molecule has 0 aliphatic heterocycles. The summed E-state index contributed by atoms with van der Waals surface area (Å²) in [7, 11) is -10.9. The molecule has 76 valence electrons. The number of hydrogen-bond acceptors (Lipinski definition) is 9. The standard InChI is InChI=1S/2Al.2Li.3O3Si.2H/c;;;;3*1-4(2)3;;/q2*+3;2*+1;3*-2;2*-1. The maximum atomic E-state index is 8.52.